The van der Waals surface area contributed by atoms with Gasteiger partial charge in [-0.3, -0.25) is 14.7 Å². The third-order valence-electron chi connectivity index (χ3n) is 6.20. The largest absolute Gasteiger partial charge is 0.508 e. The molecule has 8 nitrogen and oxygen atoms in total. The summed E-state index contributed by atoms with van der Waals surface area (Å²) in [7, 11) is 0.265. The number of nitrogens with one attached hydrogen (secondary N) is 1. The van der Waals surface area contributed by atoms with Crippen molar-refractivity contribution in [1.29, 1.82) is 0 Å². The molecule has 0 spiro atoms. The highest BCUT2D eigenvalue weighted by Gasteiger charge is 2.29. The monoisotopic (exact) mass is 604 g/mol. The van der Waals surface area contributed by atoms with Gasteiger partial charge in [0.1, 0.15) is 28.9 Å². The molecule has 2 aromatic rings. The molecule has 2 aromatic carbocycles. The van der Waals surface area contributed by atoms with Crippen LogP contribution in [0.2, 0.25) is 0 Å². The Balaban J connectivity index is 0.000000752. The Morgan fingerprint density at radius 1 is 0.905 bits per heavy atom. The first-order valence-electron chi connectivity index (χ1n) is 14.5. The van der Waals surface area contributed by atoms with E-state index >= 15 is 0 Å². The molecule has 0 aromatic heterocycles. The number of esters is 2. The summed E-state index contributed by atoms with van der Waals surface area (Å²) in [6.07, 6.45) is 1.07. The number of carbonyl (C=O) groups excluding carboxylic acids is 2. The molecule has 0 amide bonds. The van der Waals surface area contributed by atoms with Crippen molar-refractivity contribution in [3.8, 4) is 11.5 Å². The van der Waals surface area contributed by atoms with E-state index in [2.05, 4.69) is 51.0 Å². The Hall–Kier alpha value is -2.67. The zero-order chi connectivity index (χ0) is 32.4. The number of aryl methyl sites for hydroxylation is 2. The number of carbonyl (C=O) groups is 2. The quantitative estimate of drug-likeness (QED) is 0.140. The van der Waals surface area contributed by atoms with E-state index in [9.17, 15) is 14.7 Å². The molecule has 1 atom stereocenters. The molecule has 0 heterocycles. The van der Waals surface area contributed by atoms with Gasteiger partial charge in [0.05, 0.1) is 12.2 Å². The SMILES string of the molecule is CC(C)OC(=O)C(C)(C)N.Cc1cc(OCPNC(C)(C)C(=O)OC(C)C)cc(C)c1Cc1ccc(O)c(C(C)C)c1. The van der Waals surface area contributed by atoms with Crippen LogP contribution in [0.1, 0.15) is 103 Å². The summed E-state index contributed by atoms with van der Waals surface area (Å²) in [5.74, 6) is 0.846. The second kappa shape index (κ2) is 16.3. The Morgan fingerprint density at radius 3 is 1.88 bits per heavy atom. The van der Waals surface area contributed by atoms with E-state index in [1.165, 1.54) is 22.3 Å². The molecule has 0 saturated heterocycles. The highest BCUT2D eigenvalue weighted by molar-refractivity contribution is 7.35. The van der Waals surface area contributed by atoms with Gasteiger partial charge in [-0.1, -0.05) is 26.0 Å². The minimum absolute atomic E-state index is 0.0877. The summed E-state index contributed by atoms with van der Waals surface area (Å²) in [6.45, 7) is 22.6. The second-order valence-electron chi connectivity index (χ2n) is 12.6. The van der Waals surface area contributed by atoms with E-state index < -0.39 is 11.1 Å². The number of phenols is 1. The van der Waals surface area contributed by atoms with Gasteiger partial charge in [0.15, 0.2) is 0 Å². The molecular formula is C33H53N2O6P. The van der Waals surface area contributed by atoms with Gasteiger partial charge in [-0.2, -0.15) is 0 Å². The molecule has 0 aliphatic heterocycles. The van der Waals surface area contributed by atoms with Crippen LogP contribution in [0, 0.1) is 13.8 Å². The van der Waals surface area contributed by atoms with E-state index in [4.69, 9.17) is 19.9 Å². The molecule has 4 N–H and O–H groups in total. The van der Waals surface area contributed by atoms with Crippen molar-refractivity contribution in [1.82, 2.24) is 5.09 Å². The molecule has 0 radical (unpaired) electrons. The maximum absolute atomic E-state index is 12.2. The zero-order valence-electron chi connectivity index (χ0n) is 27.6. The van der Waals surface area contributed by atoms with Gasteiger partial charge < -0.3 is 25.1 Å². The van der Waals surface area contributed by atoms with Gasteiger partial charge >= 0.3 is 11.9 Å². The fourth-order valence-electron chi connectivity index (χ4n) is 3.85. The molecular weight excluding hydrogens is 551 g/mol. The van der Waals surface area contributed by atoms with Crippen molar-refractivity contribution in [2.24, 2.45) is 5.73 Å². The van der Waals surface area contributed by atoms with E-state index in [-0.39, 0.29) is 38.8 Å². The van der Waals surface area contributed by atoms with Crippen LogP contribution in [0.4, 0.5) is 0 Å². The predicted octanol–water partition coefficient (Wildman–Crippen LogP) is 6.65. The maximum Gasteiger partial charge on any atom is 0.326 e. The number of phenolic OH excluding ortho intramolecular Hbond substituents is 1. The fourth-order valence-corrected chi connectivity index (χ4v) is 4.71. The van der Waals surface area contributed by atoms with Gasteiger partial charge in [-0.15, -0.1) is 0 Å². The van der Waals surface area contributed by atoms with Gasteiger partial charge in [-0.25, -0.2) is 0 Å². The highest BCUT2D eigenvalue weighted by atomic mass is 31.1. The first kappa shape index (κ1) is 37.4. The number of benzene rings is 2. The Bertz CT molecular complexity index is 1160. The zero-order valence-corrected chi connectivity index (χ0v) is 28.6. The van der Waals surface area contributed by atoms with Crippen molar-refractivity contribution in [2.45, 2.75) is 119 Å². The third kappa shape index (κ3) is 12.7. The van der Waals surface area contributed by atoms with Crippen LogP contribution in [0.3, 0.4) is 0 Å². The van der Waals surface area contributed by atoms with E-state index in [1.54, 1.807) is 33.8 Å². The topological polar surface area (TPSA) is 120 Å². The first-order valence-corrected chi connectivity index (χ1v) is 15.7. The Kier molecular flexibility index (Phi) is 14.5. The number of aromatic hydroxyl groups is 1. The smallest absolute Gasteiger partial charge is 0.326 e. The number of ether oxygens (including phenoxy) is 3. The van der Waals surface area contributed by atoms with Gasteiger partial charge in [0, 0.05) is 0 Å². The third-order valence-corrected chi connectivity index (χ3v) is 7.29. The Morgan fingerprint density at radius 2 is 1.43 bits per heavy atom. The summed E-state index contributed by atoms with van der Waals surface area (Å²) in [5.41, 5.74) is 9.63. The summed E-state index contributed by atoms with van der Waals surface area (Å²) in [5, 5.41) is 13.3. The van der Waals surface area contributed by atoms with Crippen molar-refractivity contribution in [3.05, 3.63) is 58.1 Å². The minimum atomic E-state index is -0.871. The van der Waals surface area contributed by atoms with Gasteiger partial charge in [0.2, 0.25) is 0 Å². The summed E-state index contributed by atoms with van der Waals surface area (Å²) in [4.78, 5) is 23.1. The summed E-state index contributed by atoms with van der Waals surface area (Å²) >= 11 is 0. The highest BCUT2D eigenvalue weighted by Crippen LogP contribution is 2.30. The number of rotatable bonds is 12. The van der Waals surface area contributed by atoms with Gasteiger partial charge in [-0.05, 0) is 136 Å². The van der Waals surface area contributed by atoms with Crippen LogP contribution in [0.5, 0.6) is 11.5 Å². The number of hydrogen-bond donors (Lipinski definition) is 3. The second-order valence-corrected chi connectivity index (χ2v) is 13.5. The number of nitrogens with two attached hydrogens (primary N) is 1. The van der Waals surface area contributed by atoms with E-state index in [0.29, 0.717) is 12.1 Å². The Labute approximate surface area is 254 Å². The summed E-state index contributed by atoms with van der Waals surface area (Å²) in [6, 6.07) is 10.0. The first-order chi connectivity index (χ1) is 19.2. The molecule has 1 unspecified atom stereocenters. The van der Waals surface area contributed by atoms with Gasteiger partial charge in [0.25, 0.3) is 0 Å². The molecule has 0 aliphatic rings. The molecule has 0 bridgehead atoms. The molecule has 2 rings (SSSR count). The van der Waals surface area contributed by atoms with Crippen LogP contribution >= 0.6 is 8.73 Å². The lowest BCUT2D eigenvalue weighted by Crippen LogP contribution is -2.44. The van der Waals surface area contributed by atoms with Crippen LogP contribution in [0.25, 0.3) is 0 Å². The number of hydrogen-bond acceptors (Lipinski definition) is 8. The molecule has 9 heteroatoms. The average Bonchev–Trinajstić information content (AvgIpc) is 2.84. The van der Waals surface area contributed by atoms with Crippen LogP contribution in [0.15, 0.2) is 30.3 Å². The lowest BCUT2D eigenvalue weighted by Gasteiger charge is -2.25. The normalized spacial score (nSPS) is 12.1. The van der Waals surface area contributed by atoms with Crippen molar-refractivity contribution in [2.75, 3.05) is 6.35 Å². The molecule has 0 saturated carbocycles. The lowest BCUT2D eigenvalue weighted by molar-refractivity contribution is -0.153. The molecule has 0 aliphatic carbocycles. The minimum Gasteiger partial charge on any atom is -0.508 e. The average molecular weight is 605 g/mol. The maximum atomic E-state index is 12.2. The summed E-state index contributed by atoms with van der Waals surface area (Å²) < 4.78 is 16.1. The van der Waals surface area contributed by atoms with Crippen LogP contribution in [-0.4, -0.2) is 46.7 Å². The van der Waals surface area contributed by atoms with Crippen LogP contribution < -0.4 is 15.6 Å². The van der Waals surface area contributed by atoms with E-state index in [0.717, 1.165) is 17.7 Å². The van der Waals surface area contributed by atoms with Crippen molar-refractivity contribution < 1.29 is 28.9 Å². The molecule has 42 heavy (non-hydrogen) atoms. The van der Waals surface area contributed by atoms with Crippen LogP contribution in [-0.2, 0) is 25.5 Å². The fraction of sp³-hybridized carbons (Fsp3) is 0.576. The molecule has 236 valence electrons. The van der Waals surface area contributed by atoms with Crippen molar-refractivity contribution >= 4 is 20.7 Å². The predicted molar refractivity (Wildman–Crippen MR) is 173 cm³/mol. The molecule has 0 fully saturated rings. The lowest BCUT2D eigenvalue weighted by atomic mass is 9.93. The van der Waals surface area contributed by atoms with Crippen molar-refractivity contribution in [3.63, 3.8) is 0 Å². The standard InChI is InChI=1S/C26H38NO4P.C7H15NO2/c1-16(2)22-13-20(9-10-24(22)28)14-23-18(5)11-21(12-19(23)6)30-15-32-27-26(7,8)25(29)31-17(3)4;1-5(2)10-6(9)7(3,4)8/h9-13,16-17,27-28,32H,14-15H2,1-8H3;5H,8H2,1-4H3. The van der Waals surface area contributed by atoms with E-state index in [1.807, 2.05) is 33.8 Å².